The van der Waals surface area contributed by atoms with Crippen LogP contribution in [0, 0.1) is 5.82 Å². The highest BCUT2D eigenvalue weighted by atomic mass is 35.5. The number of nitrogens with zero attached hydrogens (tertiary/aromatic N) is 6. The van der Waals surface area contributed by atoms with Crippen molar-refractivity contribution in [1.29, 1.82) is 0 Å². The number of amides is 3. The molecule has 12 heteroatoms. The Balaban J connectivity index is 2.01. The number of aromatic nitrogens is 3. The number of hydrogen-bond donors (Lipinski definition) is 1. The van der Waals surface area contributed by atoms with Crippen LogP contribution in [0.15, 0.2) is 23.0 Å². The first-order chi connectivity index (χ1) is 15.5. The van der Waals surface area contributed by atoms with Crippen molar-refractivity contribution >= 4 is 40.3 Å². The fourth-order valence-electron chi connectivity index (χ4n) is 3.88. The van der Waals surface area contributed by atoms with Crippen LogP contribution >= 0.6 is 11.6 Å². The predicted molar refractivity (Wildman–Crippen MR) is 121 cm³/mol. The van der Waals surface area contributed by atoms with Gasteiger partial charge in [-0.05, 0) is 17.7 Å². The number of benzene rings is 1. The Labute approximate surface area is 193 Å². The predicted octanol–water partition coefficient (Wildman–Crippen LogP) is 1.95. The molecule has 2 aromatic heterocycles. The first-order valence-electron chi connectivity index (χ1n) is 10.0. The van der Waals surface area contributed by atoms with E-state index in [1.165, 1.54) is 44.5 Å². The second-order valence-electron chi connectivity index (χ2n) is 8.07. The van der Waals surface area contributed by atoms with Gasteiger partial charge in [-0.25, -0.2) is 13.9 Å². The van der Waals surface area contributed by atoms with Crippen LogP contribution in [0.3, 0.4) is 0 Å². The van der Waals surface area contributed by atoms with E-state index in [1.54, 1.807) is 21.1 Å². The van der Waals surface area contributed by atoms with Gasteiger partial charge in [0.15, 0.2) is 17.3 Å². The van der Waals surface area contributed by atoms with E-state index in [9.17, 15) is 23.9 Å². The normalized spacial score (nSPS) is 13.4. The van der Waals surface area contributed by atoms with Crippen molar-refractivity contribution in [1.82, 2.24) is 24.1 Å². The lowest BCUT2D eigenvalue weighted by Crippen LogP contribution is -2.39. The molecular formula is C21H22ClFN6O4. The molecule has 0 bridgehead atoms. The largest absolute Gasteiger partial charge is 0.505 e. The molecular weight excluding hydrogens is 455 g/mol. The molecule has 0 radical (unpaired) electrons. The Bertz CT molecular complexity index is 1370. The molecule has 0 fully saturated rings. The smallest absolute Gasteiger partial charge is 0.324 e. The highest BCUT2D eigenvalue weighted by Crippen LogP contribution is 2.36. The summed E-state index contributed by atoms with van der Waals surface area (Å²) in [6, 6.07) is 3.57. The van der Waals surface area contributed by atoms with Crippen LogP contribution in [0.5, 0.6) is 5.75 Å². The fourth-order valence-corrected chi connectivity index (χ4v) is 4.09. The van der Waals surface area contributed by atoms with Gasteiger partial charge in [0.25, 0.3) is 11.5 Å². The van der Waals surface area contributed by atoms with Crippen LogP contribution in [0.2, 0.25) is 5.02 Å². The summed E-state index contributed by atoms with van der Waals surface area (Å²) in [5, 5.41) is 15.1. The summed E-state index contributed by atoms with van der Waals surface area (Å²) in [4.78, 5) is 42.9. The minimum atomic E-state index is -0.658. The average Bonchev–Trinajstić information content (AvgIpc) is 3.07. The maximum atomic E-state index is 13.6. The highest BCUT2D eigenvalue weighted by molar-refractivity contribution is 6.30. The zero-order chi connectivity index (χ0) is 24.2. The van der Waals surface area contributed by atoms with Gasteiger partial charge in [0.1, 0.15) is 16.7 Å². The van der Waals surface area contributed by atoms with E-state index < -0.39 is 29.1 Å². The average molecular weight is 477 g/mol. The molecule has 0 saturated heterocycles. The number of halogens is 2. The second kappa shape index (κ2) is 8.07. The Morgan fingerprint density at radius 2 is 1.94 bits per heavy atom. The minimum absolute atomic E-state index is 0.0350. The standard InChI is InChI=1S/C21H22ClFN6O4/c1-25(2)21(33)27(4)18-15-14(17(30)16-20(32)26(3)7-8-28(15)16)19(31)29(24-18)10-11-5-6-13(23)12(22)9-11/h5-6,9,30H,7-8,10H2,1-4H3. The van der Waals surface area contributed by atoms with Gasteiger partial charge in [0.05, 0.1) is 11.6 Å². The van der Waals surface area contributed by atoms with Crippen molar-refractivity contribution in [2.45, 2.75) is 13.1 Å². The maximum Gasteiger partial charge on any atom is 0.324 e. The second-order valence-corrected chi connectivity index (χ2v) is 8.48. The van der Waals surface area contributed by atoms with Gasteiger partial charge in [-0.15, -0.1) is 5.10 Å². The number of likely N-dealkylation sites (N-methyl/N-ethyl adjacent to an activating group) is 1. The molecule has 0 spiro atoms. The molecule has 4 rings (SSSR count). The molecule has 0 unspecified atom stereocenters. The number of carbonyl (C=O) groups is 2. The van der Waals surface area contributed by atoms with E-state index >= 15 is 0 Å². The van der Waals surface area contributed by atoms with Gasteiger partial charge in [-0.2, -0.15) is 0 Å². The SMILES string of the molecule is CN(C)C(=O)N(C)c1nn(Cc2ccc(F)c(Cl)c2)c(=O)c2c(O)c3n(c12)CCN(C)C3=O. The zero-order valence-electron chi connectivity index (χ0n) is 18.5. The lowest BCUT2D eigenvalue weighted by molar-refractivity contribution is 0.0747. The monoisotopic (exact) mass is 476 g/mol. The van der Waals surface area contributed by atoms with Crippen LogP contribution in [0.25, 0.3) is 10.9 Å². The van der Waals surface area contributed by atoms with Crippen LogP contribution in [0.4, 0.5) is 15.0 Å². The number of rotatable bonds is 3. The topological polar surface area (TPSA) is 104 Å². The summed E-state index contributed by atoms with van der Waals surface area (Å²) >= 11 is 5.87. The lowest BCUT2D eigenvalue weighted by Gasteiger charge is -2.26. The third kappa shape index (κ3) is 3.58. The van der Waals surface area contributed by atoms with E-state index in [1.807, 2.05) is 0 Å². The van der Waals surface area contributed by atoms with Crippen LogP contribution in [-0.2, 0) is 13.1 Å². The minimum Gasteiger partial charge on any atom is -0.505 e. The highest BCUT2D eigenvalue weighted by Gasteiger charge is 2.34. The van der Waals surface area contributed by atoms with Crippen molar-refractivity contribution in [3.05, 3.63) is 50.7 Å². The van der Waals surface area contributed by atoms with Crippen molar-refractivity contribution in [2.24, 2.45) is 0 Å². The zero-order valence-corrected chi connectivity index (χ0v) is 19.2. The maximum absolute atomic E-state index is 13.6. The first-order valence-corrected chi connectivity index (χ1v) is 10.4. The van der Waals surface area contributed by atoms with E-state index in [-0.39, 0.29) is 34.0 Å². The van der Waals surface area contributed by atoms with Gasteiger partial charge in [-0.3, -0.25) is 14.5 Å². The van der Waals surface area contributed by atoms with E-state index in [0.717, 1.165) is 4.68 Å². The van der Waals surface area contributed by atoms with E-state index in [4.69, 9.17) is 11.6 Å². The molecule has 10 nitrogen and oxygen atoms in total. The van der Waals surface area contributed by atoms with Crippen molar-refractivity contribution in [3.8, 4) is 5.75 Å². The molecule has 3 aromatic rings. The van der Waals surface area contributed by atoms with Crippen LogP contribution < -0.4 is 10.5 Å². The molecule has 1 aliphatic heterocycles. The Morgan fingerprint density at radius 1 is 1.24 bits per heavy atom. The lowest BCUT2D eigenvalue weighted by atomic mass is 10.2. The summed E-state index contributed by atoms with van der Waals surface area (Å²) in [5.41, 5.74) is -0.0101. The fraction of sp³-hybridized carbons (Fsp3) is 0.333. The summed E-state index contributed by atoms with van der Waals surface area (Å²) in [6.45, 7) is 0.570. The van der Waals surface area contributed by atoms with Crippen LogP contribution in [-0.4, -0.2) is 75.9 Å². The van der Waals surface area contributed by atoms with Crippen molar-refractivity contribution < 1.29 is 19.1 Å². The Kier molecular flexibility index (Phi) is 5.52. The van der Waals surface area contributed by atoms with Gasteiger partial charge >= 0.3 is 6.03 Å². The summed E-state index contributed by atoms with van der Waals surface area (Å²) in [7, 11) is 6.22. The van der Waals surface area contributed by atoms with Gasteiger partial charge in [0, 0.05) is 41.3 Å². The van der Waals surface area contributed by atoms with Gasteiger partial charge in [-0.1, -0.05) is 17.7 Å². The summed E-state index contributed by atoms with van der Waals surface area (Å²) in [6.07, 6.45) is 0. The van der Waals surface area contributed by atoms with Crippen molar-refractivity contribution in [2.75, 3.05) is 39.6 Å². The molecule has 1 aliphatic rings. The number of urea groups is 1. The molecule has 3 amide bonds. The Morgan fingerprint density at radius 3 is 2.58 bits per heavy atom. The molecule has 0 aliphatic carbocycles. The summed E-state index contributed by atoms with van der Waals surface area (Å²) in [5.74, 6) is -1.42. The quantitative estimate of drug-likeness (QED) is 0.622. The summed E-state index contributed by atoms with van der Waals surface area (Å²) < 4.78 is 16.2. The number of anilines is 1. The third-order valence-corrected chi connectivity index (χ3v) is 5.91. The molecule has 1 aromatic carbocycles. The van der Waals surface area contributed by atoms with E-state index in [2.05, 4.69) is 5.10 Å². The molecule has 0 saturated carbocycles. The van der Waals surface area contributed by atoms with Crippen LogP contribution in [0.1, 0.15) is 16.1 Å². The molecule has 33 heavy (non-hydrogen) atoms. The third-order valence-electron chi connectivity index (χ3n) is 5.63. The number of fused-ring (bicyclic) bond motifs is 3. The Hall–Kier alpha value is -3.60. The number of hydrogen-bond acceptors (Lipinski definition) is 5. The first kappa shape index (κ1) is 22.6. The van der Waals surface area contributed by atoms with Crippen molar-refractivity contribution in [3.63, 3.8) is 0 Å². The molecule has 174 valence electrons. The van der Waals surface area contributed by atoms with Gasteiger partial charge < -0.3 is 19.5 Å². The number of carbonyl (C=O) groups excluding carboxylic acids is 2. The molecule has 3 heterocycles. The van der Waals surface area contributed by atoms with Gasteiger partial charge in [0.2, 0.25) is 0 Å². The molecule has 1 N–H and O–H groups in total. The molecule has 0 atom stereocenters. The number of aromatic hydroxyl groups is 1. The van der Waals surface area contributed by atoms with E-state index in [0.29, 0.717) is 18.7 Å².